The standard InChI is InChI=1S/C19H22N6O2S/c1-5-10-24-15(26)12-8-6-7-9-13(12)25-17(24)21-22-18(25)28-11-14-20-16(27-23-14)19(2,3)4/h6-9H,5,10-11H2,1-4H3. The fraction of sp³-hybridized carbons (Fsp3) is 0.421. The lowest BCUT2D eigenvalue weighted by atomic mass is 9.97. The van der Waals surface area contributed by atoms with Crippen molar-refractivity contribution in [3.8, 4) is 0 Å². The fourth-order valence-corrected chi connectivity index (χ4v) is 3.78. The van der Waals surface area contributed by atoms with Crippen LogP contribution in [0.15, 0.2) is 38.7 Å². The third-order valence-electron chi connectivity index (χ3n) is 4.37. The lowest BCUT2D eigenvalue weighted by Crippen LogP contribution is -2.23. The minimum atomic E-state index is -0.191. The maximum absolute atomic E-state index is 12.9. The summed E-state index contributed by atoms with van der Waals surface area (Å²) in [6.45, 7) is 8.72. The number of para-hydroxylation sites is 1. The number of nitrogens with zero attached hydrogens (tertiary/aromatic N) is 6. The number of hydrogen-bond acceptors (Lipinski definition) is 7. The van der Waals surface area contributed by atoms with E-state index in [9.17, 15) is 4.79 Å². The molecule has 1 aromatic carbocycles. The molecule has 8 nitrogen and oxygen atoms in total. The normalized spacial score (nSPS) is 12.3. The lowest BCUT2D eigenvalue weighted by Gasteiger charge is -2.10. The van der Waals surface area contributed by atoms with Gasteiger partial charge in [0.1, 0.15) is 0 Å². The van der Waals surface area contributed by atoms with Gasteiger partial charge in [0.2, 0.25) is 11.7 Å². The SMILES string of the molecule is CCCn1c(=O)c2ccccc2n2c(SCc3noc(C(C)(C)C)n3)nnc12. The van der Waals surface area contributed by atoms with Gasteiger partial charge in [0, 0.05) is 12.0 Å². The molecule has 0 aliphatic rings. The molecular formula is C19H22N6O2S. The molecule has 0 bridgehead atoms. The van der Waals surface area contributed by atoms with Gasteiger partial charge in [-0.2, -0.15) is 4.98 Å². The van der Waals surface area contributed by atoms with Gasteiger partial charge in [0.05, 0.1) is 16.7 Å². The largest absolute Gasteiger partial charge is 0.339 e. The lowest BCUT2D eigenvalue weighted by molar-refractivity contribution is 0.319. The average Bonchev–Trinajstić information content (AvgIpc) is 3.30. The van der Waals surface area contributed by atoms with Crippen molar-refractivity contribution in [3.63, 3.8) is 0 Å². The molecule has 0 spiro atoms. The maximum atomic E-state index is 12.9. The summed E-state index contributed by atoms with van der Waals surface area (Å²) >= 11 is 1.47. The number of thioether (sulfide) groups is 1. The zero-order valence-electron chi connectivity index (χ0n) is 16.3. The molecular weight excluding hydrogens is 376 g/mol. The van der Waals surface area contributed by atoms with Crippen LogP contribution in [0, 0.1) is 0 Å². The Morgan fingerprint density at radius 3 is 2.68 bits per heavy atom. The number of aromatic nitrogens is 6. The van der Waals surface area contributed by atoms with Crippen LogP contribution in [0.2, 0.25) is 0 Å². The second kappa shape index (κ2) is 7.05. The van der Waals surface area contributed by atoms with Gasteiger partial charge in [-0.25, -0.2) is 0 Å². The highest BCUT2D eigenvalue weighted by Crippen LogP contribution is 2.25. The van der Waals surface area contributed by atoms with E-state index in [0.717, 1.165) is 11.9 Å². The fourth-order valence-electron chi connectivity index (χ4n) is 3.00. The Kier molecular flexibility index (Phi) is 4.70. The first kappa shape index (κ1) is 18.7. The summed E-state index contributed by atoms with van der Waals surface area (Å²) in [7, 11) is 0. The van der Waals surface area contributed by atoms with Crippen LogP contribution in [-0.4, -0.2) is 29.3 Å². The van der Waals surface area contributed by atoms with Gasteiger partial charge in [-0.1, -0.05) is 56.7 Å². The molecule has 0 atom stereocenters. The molecule has 4 rings (SSSR count). The van der Waals surface area contributed by atoms with E-state index >= 15 is 0 Å². The van der Waals surface area contributed by atoms with E-state index in [4.69, 9.17) is 4.52 Å². The van der Waals surface area contributed by atoms with E-state index in [1.54, 1.807) is 4.57 Å². The van der Waals surface area contributed by atoms with Gasteiger partial charge < -0.3 is 4.52 Å². The summed E-state index contributed by atoms with van der Waals surface area (Å²) in [6, 6.07) is 7.54. The molecule has 0 saturated heterocycles. The molecule has 9 heteroatoms. The zero-order valence-corrected chi connectivity index (χ0v) is 17.2. The van der Waals surface area contributed by atoms with Gasteiger partial charge in [-0.15, -0.1) is 10.2 Å². The zero-order chi connectivity index (χ0) is 19.9. The van der Waals surface area contributed by atoms with Crippen molar-refractivity contribution in [2.75, 3.05) is 0 Å². The van der Waals surface area contributed by atoms with Crippen molar-refractivity contribution in [3.05, 3.63) is 46.3 Å². The van der Waals surface area contributed by atoms with Crippen LogP contribution in [0.4, 0.5) is 0 Å². The third kappa shape index (κ3) is 3.19. The molecule has 4 aromatic rings. The quantitative estimate of drug-likeness (QED) is 0.476. The van der Waals surface area contributed by atoms with Crippen LogP contribution in [0.5, 0.6) is 0 Å². The van der Waals surface area contributed by atoms with Crippen LogP contribution in [0.1, 0.15) is 45.8 Å². The summed E-state index contributed by atoms with van der Waals surface area (Å²) in [5, 5.41) is 14.0. The molecule has 0 radical (unpaired) electrons. The van der Waals surface area contributed by atoms with E-state index in [2.05, 4.69) is 20.3 Å². The summed E-state index contributed by atoms with van der Waals surface area (Å²) in [6.07, 6.45) is 0.835. The molecule has 3 heterocycles. The third-order valence-corrected chi connectivity index (χ3v) is 5.29. The molecule has 0 unspecified atom stereocenters. The molecule has 28 heavy (non-hydrogen) atoms. The first-order valence-electron chi connectivity index (χ1n) is 9.22. The number of benzene rings is 1. The molecule has 0 saturated carbocycles. The van der Waals surface area contributed by atoms with Crippen LogP contribution >= 0.6 is 11.8 Å². The topological polar surface area (TPSA) is 91.1 Å². The second-order valence-electron chi connectivity index (χ2n) is 7.65. The maximum Gasteiger partial charge on any atom is 0.262 e. The van der Waals surface area contributed by atoms with Crippen LogP contribution in [0.25, 0.3) is 16.7 Å². The minimum Gasteiger partial charge on any atom is -0.339 e. The van der Waals surface area contributed by atoms with Gasteiger partial charge >= 0.3 is 0 Å². The first-order valence-corrected chi connectivity index (χ1v) is 10.2. The Morgan fingerprint density at radius 1 is 1.18 bits per heavy atom. The predicted molar refractivity (Wildman–Crippen MR) is 108 cm³/mol. The monoisotopic (exact) mass is 398 g/mol. The number of hydrogen-bond donors (Lipinski definition) is 0. The molecule has 0 fully saturated rings. The van der Waals surface area contributed by atoms with E-state index in [1.807, 2.05) is 56.4 Å². The van der Waals surface area contributed by atoms with Gasteiger partial charge in [0.15, 0.2) is 11.0 Å². The Balaban J connectivity index is 1.76. The number of aryl methyl sites for hydroxylation is 1. The van der Waals surface area contributed by atoms with Crippen LogP contribution < -0.4 is 5.56 Å². The minimum absolute atomic E-state index is 0.0399. The van der Waals surface area contributed by atoms with Crippen molar-refractivity contribution in [1.82, 2.24) is 29.3 Å². The van der Waals surface area contributed by atoms with Gasteiger partial charge in [-0.3, -0.25) is 13.8 Å². The highest BCUT2D eigenvalue weighted by Gasteiger charge is 2.22. The van der Waals surface area contributed by atoms with Crippen molar-refractivity contribution in [2.45, 2.75) is 57.0 Å². The molecule has 0 aliphatic heterocycles. The summed E-state index contributed by atoms with van der Waals surface area (Å²) in [4.78, 5) is 17.3. The van der Waals surface area contributed by atoms with Crippen LogP contribution in [-0.2, 0) is 17.7 Å². The van der Waals surface area contributed by atoms with Gasteiger partial charge in [-0.05, 0) is 18.6 Å². The van der Waals surface area contributed by atoms with Crippen molar-refractivity contribution in [2.24, 2.45) is 0 Å². The number of fused-ring (bicyclic) bond motifs is 3. The number of rotatable bonds is 5. The molecule has 146 valence electrons. The average molecular weight is 398 g/mol. The van der Waals surface area contributed by atoms with E-state index < -0.39 is 0 Å². The second-order valence-corrected chi connectivity index (χ2v) is 8.59. The Bertz CT molecular complexity index is 1200. The van der Waals surface area contributed by atoms with E-state index in [-0.39, 0.29) is 11.0 Å². The van der Waals surface area contributed by atoms with E-state index in [1.165, 1.54) is 11.8 Å². The van der Waals surface area contributed by atoms with Crippen molar-refractivity contribution >= 4 is 28.4 Å². The Labute approximate surface area is 166 Å². The van der Waals surface area contributed by atoms with E-state index in [0.29, 0.717) is 40.3 Å². The summed E-state index contributed by atoms with van der Waals surface area (Å²) in [5.74, 6) is 2.27. The van der Waals surface area contributed by atoms with Gasteiger partial charge in [0.25, 0.3) is 5.56 Å². The Hall–Kier alpha value is -2.68. The van der Waals surface area contributed by atoms with Crippen LogP contribution in [0.3, 0.4) is 0 Å². The Morgan fingerprint density at radius 2 is 1.96 bits per heavy atom. The molecule has 0 aliphatic carbocycles. The predicted octanol–water partition coefficient (Wildman–Crippen LogP) is 3.43. The summed E-state index contributed by atoms with van der Waals surface area (Å²) < 4.78 is 8.98. The van der Waals surface area contributed by atoms with Crippen molar-refractivity contribution in [1.29, 1.82) is 0 Å². The summed E-state index contributed by atoms with van der Waals surface area (Å²) in [5.41, 5.74) is 0.567. The molecule has 3 aromatic heterocycles. The molecule has 0 amide bonds. The highest BCUT2D eigenvalue weighted by atomic mass is 32.2. The first-order chi connectivity index (χ1) is 13.4. The molecule has 0 N–H and O–H groups in total. The smallest absolute Gasteiger partial charge is 0.262 e. The highest BCUT2D eigenvalue weighted by molar-refractivity contribution is 7.98. The van der Waals surface area contributed by atoms with Crippen molar-refractivity contribution < 1.29 is 4.52 Å².